The molecule has 3 aliphatic rings. The van der Waals surface area contributed by atoms with E-state index in [1.165, 1.54) is 12.8 Å². The van der Waals surface area contributed by atoms with Crippen molar-refractivity contribution in [2.75, 3.05) is 39.3 Å². The third kappa shape index (κ3) is 2.50. The van der Waals surface area contributed by atoms with Gasteiger partial charge in [0.1, 0.15) is 0 Å². The fourth-order valence-electron chi connectivity index (χ4n) is 4.01. The second-order valence-electron chi connectivity index (χ2n) is 6.67. The molecule has 3 fully saturated rings. The van der Waals surface area contributed by atoms with Crippen molar-refractivity contribution < 1.29 is 14.7 Å². The standard InChI is InChI=1S/C15H25N3O3/c1-2-15(13(19)20)5-7-18(11-15)14(21)17-9-8-16-6-3-4-12(16)10-17/h12H,2-11H2,1H3,(H,19,20). The molecule has 2 amide bonds. The first-order valence-electron chi connectivity index (χ1n) is 8.07. The summed E-state index contributed by atoms with van der Waals surface area (Å²) in [6.45, 7) is 6.54. The molecular weight excluding hydrogens is 270 g/mol. The Morgan fingerprint density at radius 3 is 2.67 bits per heavy atom. The highest BCUT2D eigenvalue weighted by Crippen LogP contribution is 2.35. The van der Waals surface area contributed by atoms with Crippen LogP contribution in [0.1, 0.15) is 32.6 Å². The predicted molar refractivity (Wildman–Crippen MR) is 78.1 cm³/mol. The lowest BCUT2D eigenvalue weighted by Crippen LogP contribution is -2.55. The number of rotatable bonds is 2. The van der Waals surface area contributed by atoms with Gasteiger partial charge in [0.15, 0.2) is 0 Å². The molecule has 3 aliphatic heterocycles. The molecule has 3 rings (SSSR count). The zero-order chi connectivity index (χ0) is 15.0. The van der Waals surface area contributed by atoms with Crippen LogP contribution < -0.4 is 0 Å². The summed E-state index contributed by atoms with van der Waals surface area (Å²) in [6, 6.07) is 0.554. The zero-order valence-corrected chi connectivity index (χ0v) is 12.8. The van der Waals surface area contributed by atoms with Gasteiger partial charge in [-0.25, -0.2) is 4.79 Å². The van der Waals surface area contributed by atoms with Crippen molar-refractivity contribution in [3.8, 4) is 0 Å². The number of fused-ring (bicyclic) bond motifs is 1. The number of aliphatic carboxylic acids is 1. The molecule has 3 saturated heterocycles. The molecule has 6 nitrogen and oxygen atoms in total. The van der Waals surface area contributed by atoms with E-state index in [9.17, 15) is 14.7 Å². The Kier molecular flexibility index (Phi) is 3.82. The molecule has 0 radical (unpaired) electrons. The predicted octanol–water partition coefficient (Wildman–Crippen LogP) is 1.07. The normalized spacial score (nSPS) is 33.3. The Hall–Kier alpha value is -1.30. The highest BCUT2D eigenvalue weighted by Gasteiger charge is 2.46. The van der Waals surface area contributed by atoms with Gasteiger partial charge >= 0.3 is 12.0 Å². The molecule has 0 saturated carbocycles. The quantitative estimate of drug-likeness (QED) is 0.828. The van der Waals surface area contributed by atoms with Crippen LogP contribution in [0.3, 0.4) is 0 Å². The van der Waals surface area contributed by atoms with Crippen LogP contribution in [0.2, 0.25) is 0 Å². The van der Waals surface area contributed by atoms with Gasteiger partial charge < -0.3 is 14.9 Å². The van der Waals surface area contributed by atoms with Crippen LogP contribution in [0.5, 0.6) is 0 Å². The topological polar surface area (TPSA) is 64.1 Å². The van der Waals surface area contributed by atoms with Crippen molar-refractivity contribution in [2.45, 2.75) is 38.6 Å². The van der Waals surface area contributed by atoms with Crippen LogP contribution in [0, 0.1) is 5.41 Å². The van der Waals surface area contributed by atoms with E-state index in [4.69, 9.17) is 0 Å². The van der Waals surface area contributed by atoms with Crippen LogP contribution >= 0.6 is 0 Å². The van der Waals surface area contributed by atoms with Gasteiger partial charge in [-0.1, -0.05) is 6.92 Å². The van der Waals surface area contributed by atoms with E-state index in [0.29, 0.717) is 32.0 Å². The van der Waals surface area contributed by atoms with Gasteiger partial charge in [-0.2, -0.15) is 0 Å². The molecule has 0 aromatic rings. The molecule has 3 heterocycles. The van der Waals surface area contributed by atoms with Crippen LogP contribution in [0.15, 0.2) is 0 Å². The molecule has 118 valence electrons. The summed E-state index contributed by atoms with van der Waals surface area (Å²) >= 11 is 0. The first-order valence-corrected chi connectivity index (χ1v) is 8.07. The maximum atomic E-state index is 12.7. The highest BCUT2D eigenvalue weighted by molar-refractivity contribution is 5.80. The Morgan fingerprint density at radius 1 is 1.19 bits per heavy atom. The summed E-state index contributed by atoms with van der Waals surface area (Å²) in [4.78, 5) is 30.3. The Bertz CT molecular complexity index is 442. The summed E-state index contributed by atoms with van der Waals surface area (Å²) in [6.07, 6.45) is 3.57. The molecule has 0 spiro atoms. The lowest BCUT2D eigenvalue weighted by molar-refractivity contribution is -0.148. The van der Waals surface area contributed by atoms with E-state index in [1.54, 1.807) is 4.90 Å². The van der Waals surface area contributed by atoms with Gasteiger partial charge in [-0.15, -0.1) is 0 Å². The minimum absolute atomic E-state index is 0.0399. The third-order valence-corrected chi connectivity index (χ3v) is 5.61. The Labute approximate surface area is 125 Å². The van der Waals surface area contributed by atoms with Gasteiger partial charge in [-0.3, -0.25) is 9.69 Å². The molecule has 0 aliphatic carbocycles. The van der Waals surface area contributed by atoms with Crippen molar-refractivity contribution in [1.29, 1.82) is 0 Å². The van der Waals surface area contributed by atoms with Gasteiger partial charge in [0.2, 0.25) is 0 Å². The second-order valence-corrected chi connectivity index (χ2v) is 6.67. The van der Waals surface area contributed by atoms with Gasteiger partial charge in [-0.05, 0) is 32.2 Å². The fourth-order valence-corrected chi connectivity index (χ4v) is 4.01. The fraction of sp³-hybridized carbons (Fsp3) is 0.867. The van der Waals surface area contributed by atoms with Crippen LogP contribution in [-0.4, -0.2) is 77.1 Å². The first kappa shape index (κ1) is 14.6. The van der Waals surface area contributed by atoms with Crippen molar-refractivity contribution in [3.63, 3.8) is 0 Å². The van der Waals surface area contributed by atoms with Crippen LogP contribution in [0.25, 0.3) is 0 Å². The minimum atomic E-state index is -0.763. The average molecular weight is 295 g/mol. The van der Waals surface area contributed by atoms with E-state index >= 15 is 0 Å². The van der Waals surface area contributed by atoms with Crippen molar-refractivity contribution in [1.82, 2.24) is 14.7 Å². The van der Waals surface area contributed by atoms with Crippen LogP contribution in [-0.2, 0) is 4.79 Å². The lowest BCUT2D eigenvalue weighted by atomic mass is 9.84. The van der Waals surface area contributed by atoms with Crippen molar-refractivity contribution in [2.24, 2.45) is 5.41 Å². The first-order chi connectivity index (χ1) is 10.1. The van der Waals surface area contributed by atoms with Gasteiger partial charge in [0, 0.05) is 38.8 Å². The lowest BCUT2D eigenvalue weighted by Gasteiger charge is -2.39. The number of amides is 2. The molecule has 2 unspecified atom stereocenters. The SMILES string of the molecule is CCC1(C(=O)O)CCN(C(=O)N2CCN3CCCC3C2)C1. The number of piperazine rings is 1. The largest absolute Gasteiger partial charge is 0.481 e. The smallest absolute Gasteiger partial charge is 0.320 e. The van der Waals surface area contributed by atoms with Gasteiger partial charge in [0.05, 0.1) is 5.41 Å². The highest BCUT2D eigenvalue weighted by atomic mass is 16.4. The maximum Gasteiger partial charge on any atom is 0.320 e. The molecule has 2 atom stereocenters. The number of likely N-dealkylation sites (tertiary alicyclic amines) is 1. The molecule has 6 heteroatoms. The number of carbonyl (C=O) groups excluding carboxylic acids is 1. The average Bonchev–Trinajstić information content (AvgIpc) is 3.13. The van der Waals surface area contributed by atoms with E-state index in [0.717, 1.165) is 26.2 Å². The number of carbonyl (C=O) groups is 2. The molecule has 0 bridgehead atoms. The molecule has 1 N–H and O–H groups in total. The number of nitrogens with zero attached hydrogens (tertiary/aromatic N) is 3. The van der Waals surface area contributed by atoms with E-state index < -0.39 is 11.4 Å². The number of carboxylic acid groups (broad SMARTS) is 1. The molecule has 0 aromatic carbocycles. The van der Waals surface area contributed by atoms with E-state index in [2.05, 4.69) is 4.90 Å². The Balaban J connectivity index is 1.63. The maximum absolute atomic E-state index is 12.7. The number of hydrogen-bond donors (Lipinski definition) is 1. The number of urea groups is 1. The molecular formula is C15H25N3O3. The van der Waals surface area contributed by atoms with E-state index in [-0.39, 0.29) is 6.03 Å². The Morgan fingerprint density at radius 2 is 2.00 bits per heavy atom. The van der Waals surface area contributed by atoms with Crippen molar-refractivity contribution in [3.05, 3.63) is 0 Å². The third-order valence-electron chi connectivity index (χ3n) is 5.61. The summed E-state index contributed by atoms with van der Waals surface area (Å²) in [5, 5.41) is 9.44. The monoisotopic (exact) mass is 295 g/mol. The number of hydrogen-bond acceptors (Lipinski definition) is 3. The van der Waals surface area contributed by atoms with E-state index in [1.807, 2.05) is 11.8 Å². The van der Waals surface area contributed by atoms with Gasteiger partial charge in [0.25, 0.3) is 0 Å². The summed E-state index contributed by atoms with van der Waals surface area (Å²) in [7, 11) is 0. The second kappa shape index (κ2) is 5.48. The summed E-state index contributed by atoms with van der Waals surface area (Å²) in [5.41, 5.74) is -0.731. The molecule has 21 heavy (non-hydrogen) atoms. The summed E-state index contributed by atoms with van der Waals surface area (Å²) < 4.78 is 0. The molecule has 0 aromatic heterocycles. The van der Waals surface area contributed by atoms with Crippen LogP contribution in [0.4, 0.5) is 4.79 Å². The minimum Gasteiger partial charge on any atom is -0.481 e. The number of carboxylic acids is 1. The zero-order valence-electron chi connectivity index (χ0n) is 12.8. The van der Waals surface area contributed by atoms with Crippen molar-refractivity contribution >= 4 is 12.0 Å². The summed E-state index contributed by atoms with van der Waals surface area (Å²) in [5.74, 6) is -0.763.